The van der Waals surface area contributed by atoms with Gasteiger partial charge in [-0.1, -0.05) is 0 Å². The maximum Gasteiger partial charge on any atom is 0.173 e. The van der Waals surface area contributed by atoms with Gasteiger partial charge in [0.2, 0.25) is 0 Å². The summed E-state index contributed by atoms with van der Waals surface area (Å²) in [4.78, 5) is 0. The second kappa shape index (κ2) is 3.65. The first-order valence-electron chi connectivity index (χ1n) is 3.64. The van der Waals surface area contributed by atoms with Crippen molar-refractivity contribution >= 4 is 0 Å². The van der Waals surface area contributed by atoms with E-state index < -0.39 is 37.3 Å². The van der Waals surface area contributed by atoms with Crippen molar-refractivity contribution in [3.8, 4) is 0 Å². The number of ether oxygens (including phenoxy) is 1. The van der Waals surface area contributed by atoms with Crippen LogP contribution in [0.1, 0.15) is 0 Å². The predicted octanol–water partition coefficient (Wildman–Crippen LogP) is -3.25. The third-order valence-corrected chi connectivity index (χ3v) is 1.95. The van der Waals surface area contributed by atoms with Crippen molar-refractivity contribution in [3.05, 3.63) is 0 Å². The first-order valence-corrected chi connectivity index (χ1v) is 3.64. The van der Waals surface area contributed by atoms with Gasteiger partial charge in [-0.15, -0.1) is 0 Å². The van der Waals surface area contributed by atoms with Gasteiger partial charge in [-0.3, -0.25) is 0 Å². The normalized spacial score (nSPS) is 49.2. The van der Waals surface area contributed by atoms with E-state index in [1.165, 1.54) is 0 Å². The Morgan fingerprint density at radius 2 is 1.75 bits per heavy atom. The number of hydrogen-bond donors (Lipinski definition) is 5. The molecule has 0 radical (unpaired) electrons. The number of hydrogen-bond acceptors (Lipinski definition) is 6. The molecule has 0 aromatic rings. The lowest BCUT2D eigenvalue weighted by atomic mass is 9.98. The van der Waals surface area contributed by atoms with Crippen LogP contribution in [-0.4, -0.2) is 57.7 Å². The van der Waals surface area contributed by atoms with Gasteiger partial charge < -0.3 is 30.9 Å². The highest BCUT2D eigenvalue weighted by Gasteiger charge is 2.41. The first-order chi connectivity index (χ1) is 5.57. The molecular formula is C6H13NO5. The summed E-state index contributed by atoms with van der Waals surface area (Å²) in [6.45, 7) is -0.470. The molecule has 6 heteroatoms. The van der Waals surface area contributed by atoms with Crippen LogP contribution < -0.4 is 5.73 Å². The van der Waals surface area contributed by atoms with Gasteiger partial charge in [0.15, 0.2) is 6.29 Å². The maximum absolute atomic E-state index is 9.20. The molecule has 6 N–H and O–H groups in total. The molecule has 12 heavy (non-hydrogen) atoms. The lowest BCUT2D eigenvalue weighted by Gasteiger charge is -2.38. The van der Waals surface area contributed by atoms with Crippen molar-refractivity contribution in [2.24, 2.45) is 5.73 Å². The van der Waals surface area contributed by atoms with Crippen LogP contribution in [0.25, 0.3) is 0 Å². The summed E-state index contributed by atoms with van der Waals surface area (Å²) in [5.41, 5.74) is 5.26. The third kappa shape index (κ3) is 1.58. The van der Waals surface area contributed by atoms with Crippen molar-refractivity contribution in [2.45, 2.75) is 30.6 Å². The van der Waals surface area contributed by atoms with Gasteiger partial charge in [0.05, 0.1) is 12.6 Å². The molecule has 0 saturated carbocycles. The fraction of sp³-hybridized carbons (Fsp3) is 1.00. The Labute approximate surface area is 69.2 Å². The summed E-state index contributed by atoms with van der Waals surface area (Å²) >= 11 is 0. The van der Waals surface area contributed by atoms with Gasteiger partial charge in [0.25, 0.3) is 0 Å². The number of nitrogens with two attached hydrogens (primary N) is 1. The van der Waals surface area contributed by atoms with Crippen molar-refractivity contribution in [2.75, 3.05) is 6.61 Å². The minimum Gasteiger partial charge on any atom is -0.394 e. The van der Waals surface area contributed by atoms with Crippen LogP contribution in [-0.2, 0) is 4.74 Å². The van der Waals surface area contributed by atoms with E-state index in [1.807, 2.05) is 0 Å². The quantitative estimate of drug-likeness (QED) is 0.288. The average Bonchev–Trinajstić information content (AvgIpc) is 2.08. The van der Waals surface area contributed by atoms with Crippen molar-refractivity contribution in [3.63, 3.8) is 0 Å². The minimum absolute atomic E-state index is 0.470. The lowest BCUT2D eigenvalue weighted by molar-refractivity contribution is -0.248. The van der Waals surface area contributed by atoms with Crippen molar-refractivity contribution < 1.29 is 25.2 Å². The predicted molar refractivity (Wildman–Crippen MR) is 38.0 cm³/mol. The molecule has 0 bridgehead atoms. The molecule has 5 atom stereocenters. The zero-order valence-corrected chi connectivity index (χ0v) is 6.37. The van der Waals surface area contributed by atoms with Gasteiger partial charge in [0.1, 0.15) is 18.3 Å². The van der Waals surface area contributed by atoms with E-state index in [4.69, 9.17) is 20.7 Å². The summed E-state index contributed by atoms with van der Waals surface area (Å²) < 4.78 is 4.70. The Morgan fingerprint density at radius 1 is 1.17 bits per heavy atom. The molecule has 1 heterocycles. The van der Waals surface area contributed by atoms with Gasteiger partial charge >= 0.3 is 0 Å². The van der Waals surface area contributed by atoms with Gasteiger partial charge in [-0.25, -0.2) is 0 Å². The summed E-state index contributed by atoms with van der Waals surface area (Å²) in [5, 5.41) is 36.1. The number of aliphatic hydroxyl groups is 4. The van der Waals surface area contributed by atoms with Crippen LogP contribution in [0, 0.1) is 0 Å². The molecule has 0 spiro atoms. The van der Waals surface area contributed by atoms with E-state index >= 15 is 0 Å². The van der Waals surface area contributed by atoms with Gasteiger partial charge in [0, 0.05) is 0 Å². The first kappa shape index (κ1) is 9.85. The van der Waals surface area contributed by atoms with Crippen LogP contribution >= 0.6 is 0 Å². The smallest absolute Gasteiger partial charge is 0.173 e. The van der Waals surface area contributed by atoms with Crippen LogP contribution in [0.5, 0.6) is 0 Å². The average molecular weight is 179 g/mol. The summed E-state index contributed by atoms with van der Waals surface area (Å²) in [5.74, 6) is 0. The van der Waals surface area contributed by atoms with Crippen LogP contribution in [0.4, 0.5) is 0 Å². The van der Waals surface area contributed by atoms with E-state index in [1.54, 1.807) is 0 Å². The molecular weight excluding hydrogens is 166 g/mol. The summed E-state index contributed by atoms with van der Waals surface area (Å²) in [7, 11) is 0. The summed E-state index contributed by atoms with van der Waals surface area (Å²) in [6, 6.07) is -1.04. The van der Waals surface area contributed by atoms with Crippen LogP contribution in [0.2, 0.25) is 0 Å². The highest BCUT2D eigenvalue weighted by molar-refractivity contribution is 4.90. The largest absolute Gasteiger partial charge is 0.394 e. The van der Waals surface area contributed by atoms with Crippen LogP contribution in [0.15, 0.2) is 0 Å². The molecule has 1 rings (SSSR count). The highest BCUT2D eigenvalue weighted by Crippen LogP contribution is 2.17. The van der Waals surface area contributed by atoms with E-state index in [2.05, 4.69) is 0 Å². The fourth-order valence-corrected chi connectivity index (χ4v) is 1.12. The Morgan fingerprint density at radius 3 is 2.25 bits per heavy atom. The fourth-order valence-electron chi connectivity index (χ4n) is 1.12. The molecule has 0 amide bonds. The summed E-state index contributed by atoms with van der Waals surface area (Å²) in [6.07, 6.45) is -4.85. The molecule has 1 aliphatic rings. The Bertz CT molecular complexity index is 150. The monoisotopic (exact) mass is 179 g/mol. The zero-order chi connectivity index (χ0) is 9.30. The van der Waals surface area contributed by atoms with Gasteiger partial charge in [-0.05, 0) is 0 Å². The van der Waals surface area contributed by atoms with E-state index in [9.17, 15) is 10.2 Å². The van der Waals surface area contributed by atoms with E-state index in [0.29, 0.717) is 0 Å². The molecule has 0 aromatic heterocycles. The van der Waals surface area contributed by atoms with E-state index in [0.717, 1.165) is 0 Å². The number of rotatable bonds is 1. The topological polar surface area (TPSA) is 116 Å². The molecule has 6 nitrogen and oxygen atoms in total. The van der Waals surface area contributed by atoms with Crippen molar-refractivity contribution in [1.29, 1.82) is 0 Å². The molecule has 1 saturated heterocycles. The molecule has 1 fully saturated rings. The Hall–Kier alpha value is -0.240. The minimum atomic E-state index is -1.35. The molecule has 0 aliphatic carbocycles. The molecule has 1 aliphatic heterocycles. The third-order valence-electron chi connectivity index (χ3n) is 1.95. The van der Waals surface area contributed by atoms with E-state index in [-0.39, 0.29) is 0 Å². The van der Waals surface area contributed by atoms with Crippen molar-refractivity contribution in [1.82, 2.24) is 0 Å². The SMILES string of the molecule is NC1[C@H](O)O[C@H](CO)[C@H](O)[C@@H]1O. The molecule has 1 unspecified atom stereocenters. The lowest BCUT2D eigenvalue weighted by Crippen LogP contribution is -2.61. The number of aliphatic hydroxyl groups excluding tert-OH is 4. The Kier molecular flexibility index (Phi) is 2.99. The van der Waals surface area contributed by atoms with Gasteiger partial charge in [-0.2, -0.15) is 0 Å². The van der Waals surface area contributed by atoms with Crippen LogP contribution in [0.3, 0.4) is 0 Å². The Balaban J connectivity index is 2.63. The zero-order valence-electron chi connectivity index (χ0n) is 6.37. The second-order valence-corrected chi connectivity index (χ2v) is 2.81. The highest BCUT2D eigenvalue weighted by atomic mass is 16.6. The molecule has 0 aromatic carbocycles. The molecule has 72 valence electrons. The second-order valence-electron chi connectivity index (χ2n) is 2.81. The maximum atomic E-state index is 9.20. The standard InChI is InChI=1S/C6H13NO5/c7-3-5(10)4(9)2(1-8)12-6(3)11/h2-6,8-11H,1,7H2/t2-,3?,4+,5-,6-/m1/s1.